The van der Waals surface area contributed by atoms with Crippen LogP contribution in [-0.4, -0.2) is 31.7 Å². The Kier molecular flexibility index (Phi) is 4.80. The highest BCUT2D eigenvalue weighted by molar-refractivity contribution is 14.1. The molecule has 0 atom stereocenters. The van der Waals surface area contributed by atoms with Gasteiger partial charge in [-0.1, -0.05) is 0 Å². The average Bonchev–Trinajstić information content (AvgIpc) is 3.03. The summed E-state index contributed by atoms with van der Waals surface area (Å²) in [4.78, 5) is 20.7. The maximum Gasteiger partial charge on any atom is 0.263 e. The number of amides is 1. The molecule has 0 radical (unpaired) electrons. The van der Waals surface area contributed by atoms with Gasteiger partial charge in [-0.3, -0.25) is 8.32 Å². The summed E-state index contributed by atoms with van der Waals surface area (Å²) in [7, 11) is 0. The first kappa shape index (κ1) is 17.1. The van der Waals surface area contributed by atoms with Gasteiger partial charge >= 0.3 is 0 Å². The molecule has 3 aromatic heterocycles. The summed E-state index contributed by atoms with van der Waals surface area (Å²) >= 11 is 1.80. The Morgan fingerprint density at radius 2 is 2.08 bits per heavy atom. The summed E-state index contributed by atoms with van der Waals surface area (Å²) < 4.78 is 4.15. The molecule has 0 spiro atoms. The van der Waals surface area contributed by atoms with Crippen LogP contribution in [0.15, 0.2) is 30.7 Å². The highest BCUT2D eigenvalue weighted by Crippen LogP contribution is 2.22. The summed E-state index contributed by atoms with van der Waals surface area (Å²) in [5, 5.41) is 17.3. The lowest BCUT2D eigenvalue weighted by Crippen LogP contribution is -2.19. The van der Waals surface area contributed by atoms with Crippen molar-refractivity contribution >= 4 is 45.5 Å². The molecule has 3 heterocycles. The third-order valence-corrected chi connectivity index (χ3v) is 3.91. The molecule has 0 unspecified atom stereocenters. The number of pyridine rings is 2. The minimum Gasteiger partial charge on any atom is -0.382 e. The largest absolute Gasteiger partial charge is 0.382 e. The maximum absolute atomic E-state index is 12.0. The molecular weight excluding hydrogens is 433 g/mol. The fourth-order valence-electron chi connectivity index (χ4n) is 2.37. The van der Waals surface area contributed by atoms with Gasteiger partial charge in [-0.05, 0) is 19.9 Å². The van der Waals surface area contributed by atoms with Crippen molar-refractivity contribution in [3.8, 4) is 11.9 Å². The molecular formula is C16H14IN7O. The minimum atomic E-state index is -0.232. The molecule has 0 aliphatic heterocycles. The number of hydrogen-bond acceptors (Lipinski definition) is 6. The van der Waals surface area contributed by atoms with Crippen LogP contribution < -0.4 is 8.85 Å². The van der Waals surface area contributed by atoms with Crippen molar-refractivity contribution in [2.45, 2.75) is 19.9 Å². The molecule has 3 rings (SSSR count). The van der Waals surface area contributed by atoms with Crippen LogP contribution in [0.2, 0.25) is 0 Å². The lowest BCUT2D eigenvalue weighted by atomic mass is 10.2. The molecule has 0 aliphatic rings. The zero-order valence-electron chi connectivity index (χ0n) is 13.5. The molecule has 9 heteroatoms. The Hall–Kier alpha value is -2.74. The Balaban J connectivity index is 2.11. The zero-order chi connectivity index (χ0) is 18.0. The second kappa shape index (κ2) is 7.02. The van der Waals surface area contributed by atoms with E-state index in [2.05, 4.69) is 30.0 Å². The van der Waals surface area contributed by atoms with Crippen LogP contribution in [0.1, 0.15) is 29.8 Å². The number of hydrogen-bond donors (Lipinski definition) is 2. The van der Waals surface area contributed by atoms with E-state index in [0.717, 1.165) is 5.39 Å². The number of aromatic nitrogens is 4. The molecule has 25 heavy (non-hydrogen) atoms. The van der Waals surface area contributed by atoms with E-state index in [9.17, 15) is 4.79 Å². The second-order valence-electron chi connectivity index (χ2n) is 5.62. The highest BCUT2D eigenvalue weighted by Gasteiger charge is 2.15. The third kappa shape index (κ3) is 3.39. The molecule has 3 aromatic rings. The quantitative estimate of drug-likeness (QED) is 0.470. The van der Waals surface area contributed by atoms with E-state index < -0.39 is 0 Å². The molecule has 0 saturated heterocycles. The van der Waals surface area contributed by atoms with Crippen LogP contribution in [-0.2, 0) is 0 Å². The van der Waals surface area contributed by atoms with Gasteiger partial charge in [0, 0.05) is 29.9 Å². The fourth-order valence-corrected chi connectivity index (χ4v) is 2.66. The van der Waals surface area contributed by atoms with Gasteiger partial charge in [0.25, 0.3) is 5.91 Å². The Bertz CT molecular complexity index is 990. The van der Waals surface area contributed by atoms with Gasteiger partial charge < -0.3 is 5.32 Å². The van der Waals surface area contributed by atoms with E-state index >= 15 is 0 Å². The standard InChI is InChI=1S/C16H14IN7O/c1-9(2)22-13-4-14(19-8-12(13)16(25)23-17)24-15-11(7-21-24)3-10(5-18)6-20-15/h3-4,6-9H,1-2H3,(H,19,22)(H,23,25). The number of nitrogens with zero attached hydrogens (tertiary/aromatic N) is 5. The number of carbonyl (C=O) groups is 1. The first-order valence-corrected chi connectivity index (χ1v) is 8.53. The Labute approximate surface area is 157 Å². The summed E-state index contributed by atoms with van der Waals surface area (Å²) in [6.07, 6.45) is 4.63. The lowest BCUT2D eigenvalue weighted by molar-refractivity contribution is 0.0990. The topological polar surface area (TPSA) is 109 Å². The van der Waals surface area contributed by atoms with Crippen LogP contribution >= 0.6 is 22.9 Å². The Morgan fingerprint density at radius 1 is 1.28 bits per heavy atom. The van der Waals surface area contributed by atoms with E-state index in [4.69, 9.17) is 5.26 Å². The zero-order valence-corrected chi connectivity index (χ0v) is 15.6. The van der Waals surface area contributed by atoms with Gasteiger partial charge in [-0.15, -0.1) is 0 Å². The summed E-state index contributed by atoms with van der Waals surface area (Å²) in [5.41, 5.74) is 2.17. The van der Waals surface area contributed by atoms with Gasteiger partial charge in [0.05, 0.1) is 45.9 Å². The molecule has 0 aromatic carbocycles. The number of carbonyl (C=O) groups excluding carboxylic acids is 1. The predicted molar refractivity (Wildman–Crippen MR) is 102 cm³/mol. The predicted octanol–water partition coefficient (Wildman–Crippen LogP) is 2.59. The summed E-state index contributed by atoms with van der Waals surface area (Å²) in [5.74, 6) is 0.297. The van der Waals surface area contributed by atoms with Crippen molar-refractivity contribution in [3.05, 3.63) is 41.9 Å². The van der Waals surface area contributed by atoms with Crippen molar-refractivity contribution in [3.63, 3.8) is 0 Å². The first-order chi connectivity index (χ1) is 12.0. The maximum atomic E-state index is 12.0. The number of anilines is 1. The van der Waals surface area contributed by atoms with Crippen LogP contribution in [0.3, 0.4) is 0 Å². The van der Waals surface area contributed by atoms with Gasteiger partial charge in [0.15, 0.2) is 11.5 Å². The first-order valence-electron chi connectivity index (χ1n) is 7.45. The van der Waals surface area contributed by atoms with Gasteiger partial charge in [0.2, 0.25) is 0 Å². The average molecular weight is 447 g/mol. The molecule has 0 aliphatic carbocycles. The lowest BCUT2D eigenvalue weighted by Gasteiger charge is -2.14. The number of rotatable bonds is 4. The van der Waals surface area contributed by atoms with Crippen LogP contribution in [0.5, 0.6) is 0 Å². The Morgan fingerprint density at radius 3 is 2.76 bits per heavy atom. The van der Waals surface area contributed by atoms with Crippen molar-refractivity contribution in [2.24, 2.45) is 0 Å². The number of nitriles is 1. The van der Waals surface area contributed by atoms with Crippen molar-refractivity contribution < 1.29 is 4.79 Å². The van der Waals surface area contributed by atoms with E-state index in [1.807, 2.05) is 13.8 Å². The molecule has 1 amide bonds. The minimum absolute atomic E-state index is 0.140. The number of fused-ring (bicyclic) bond motifs is 1. The van der Waals surface area contributed by atoms with Crippen LogP contribution in [0, 0.1) is 11.3 Å². The van der Waals surface area contributed by atoms with E-state index in [-0.39, 0.29) is 11.9 Å². The number of halogens is 1. The molecule has 0 saturated carbocycles. The van der Waals surface area contributed by atoms with Crippen molar-refractivity contribution in [1.82, 2.24) is 23.3 Å². The second-order valence-corrected chi connectivity index (χ2v) is 6.16. The van der Waals surface area contributed by atoms with Gasteiger partial charge in [-0.2, -0.15) is 15.0 Å². The van der Waals surface area contributed by atoms with Crippen LogP contribution in [0.4, 0.5) is 5.69 Å². The SMILES string of the molecule is CC(C)Nc1cc(-n2ncc3cc(C#N)cnc32)ncc1C(=O)NI. The normalized spacial score (nSPS) is 10.7. The van der Waals surface area contributed by atoms with Crippen molar-refractivity contribution in [1.29, 1.82) is 5.26 Å². The summed E-state index contributed by atoms with van der Waals surface area (Å²) in [6, 6.07) is 5.67. The highest BCUT2D eigenvalue weighted by atomic mass is 127. The fraction of sp³-hybridized carbons (Fsp3) is 0.188. The van der Waals surface area contributed by atoms with Gasteiger partial charge in [0.1, 0.15) is 6.07 Å². The molecule has 8 nitrogen and oxygen atoms in total. The van der Waals surface area contributed by atoms with Gasteiger partial charge in [-0.25, -0.2) is 9.97 Å². The molecule has 126 valence electrons. The van der Waals surface area contributed by atoms with E-state index in [1.54, 1.807) is 45.9 Å². The molecule has 0 fully saturated rings. The smallest absolute Gasteiger partial charge is 0.263 e. The number of nitrogens with one attached hydrogen (secondary N) is 2. The molecule has 2 N–H and O–H groups in total. The van der Waals surface area contributed by atoms with Crippen LogP contribution in [0.25, 0.3) is 16.9 Å². The summed E-state index contributed by atoms with van der Waals surface area (Å²) in [6.45, 7) is 3.97. The monoisotopic (exact) mass is 447 g/mol. The van der Waals surface area contributed by atoms with E-state index in [1.165, 1.54) is 12.4 Å². The van der Waals surface area contributed by atoms with Crippen molar-refractivity contribution in [2.75, 3.05) is 5.32 Å². The molecule has 0 bridgehead atoms. The van der Waals surface area contributed by atoms with E-state index in [0.29, 0.717) is 28.3 Å². The third-order valence-electron chi connectivity index (χ3n) is 3.42.